The summed E-state index contributed by atoms with van der Waals surface area (Å²) >= 11 is 0. The molecule has 2 N–H and O–H groups in total. The van der Waals surface area contributed by atoms with Gasteiger partial charge in [0.05, 0.1) is 11.0 Å². The SMILES string of the molecule is CC(C)C(C)(O)CC1(C(=O)O)Cc2ccccc2C1. The summed E-state index contributed by atoms with van der Waals surface area (Å²) in [5, 5.41) is 20.2. The molecule has 3 nitrogen and oxygen atoms in total. The highest BCUT2D eigenvalue weighted by molar-refractivity contribution is 5.77. The second kappa shape index (κ2) is 4.64. The summed E-state index contributed by atoms with van der Waals surface area (Å²) in [7, 11) is 0. The maximum absolute atomic E-state index is 11.8. The zero-order chi connectivity index (χ0) is 14.3. The maximum atomic E-state index is 11.8. The van der Waals surface area contributed by atoms with Crippen molar-refractivity contribution < 1.29 is 15.0 Å². The van der Waals surface area contributed by atoms with Gasteiger partial charge in [0.2, 0.25) is 0 Å². The number of carboxylic acids is 1. The molecule has 104 valence electrons. The highest BCUT2D eigenvalue weighted by atomic mass is 16.4. The number of aliphatic hydroxyl groups is 1. The van der Waals surface area contributed by atoms with Gasteiger partial charge in [-0.15, -0.1) is 0 Å². The van der Waals surface area contributed by atoms with Gasteiger partial charge in [-0.25, -0.2) is 0 Å². The molecule has 0 radical (unpaired) electrons. The van der Waals surface area contributed by atoms with Crippen LogP contribution in [0.3, 0.4) is 0 Å². The first-order valence-electron chi connectivity index (χ1n) is 6.79. The topological polar surface area (TPSA) is 57.5 Å². The Kier molecular flexibility index (Phi) is 3.43. The number of hydrogen-bond acceptors (Lipinski definition) is 2. The van der Waals surface area contributed by atoms with Crippen LogP contribution >= 0.6 is 0 Å². The van der Waals surface area contributed by atoms with Gasteiger partial charge in [0, 0.05) is 0 Å². The lowest BCUT2D eigenvalue weighted by Crippen LogP contribution is -2.43. The van der Waals surface area contributed by atoms with Crippen molar-refractivity contribution in [3.05, 3.63) is 35.4 Å². The lowest BCUT2D eigenvalue weighted by Gasteiger charge is -2.36. The quantitative estimate of drug-likeness (QED) is 0.877. The van der Waals surface area contributed by atoms with Gasteiger partial charge in [-0.3, -0.25) is 4.79 Å². The van der Waals surface area contributed by atoms with Crippen molar-refractivity contribution in [2.75, 3.05) is 0 Å². The van der Waals surface area contributed by atoms with E-state index in [-0.39, 0.29) is 5.92 Å². The van der Waals surface area contributed by atoms with Gasteiger partial charge in [-0.2, -0.15) is 0 Å². The van der Waals surface area contributed by atoms with E-state index in [1.807, 2.05) is 38.1 Å². The summed E-state index contributed by atoms with van der Waals surface area (Å²) in [6, 6.07) is 7.86. The van der Waals surface area contributed by atoms with E-state index < -0.39 is 17.0 Å². The second-order valence-corrected chi connectivity index (χ2v) is 6.40. The van der Waals surface area contributed by atoms with Crippen LogP contribution in [0.5, 0.6) is 0 Å². The van der Waals surface area contributed by atoms with E-state index in [2.05, 4.69) is 0 Å². The van der Waals surface area contributed by atoms with E-state index in [1.54, 1.807) is 6.92 Å². The minimum atomic E-state index is -0.958. The lowest BCUT2D eigenvalue weighted by molar-refractivity contribution is -0.153. The Morgan fingerprint density at radius 1 is 1.32 bits per heavy atom. The summed E-state index contributed by atoms with van der Waals surface area (Å²) in [5.74, 6) is -0.767. The van der Waals surface area contributed by atoms with Crippen LogP contribution in [0.4, 0.5) is 0 Å². The Balaban J connectivity index is 2.31. The number of carbonyl (C=O) groups is 1. The van der Waals surface area contributed by atoms with E-state index in [1.165, 1.54) is 0 Å². The first-order chi connectivity index (χ1) is 8.77. The minimum Gasteiger partial charge on any atom is -0.481 e. The van der Waals surface area contributed by atoms with Crippen molar-refractivity contribution in [2.45, 2.75) is 45.6 Å². The highest BCUT2D eigenvalue weighted by Gasteiger charge is 2.48. The third-order valence-electron chi connectivity index (χ3n) is 4.57. The molecule has 0 fully saturated rings. The first-order valence-corrected chi connectivity index (χ1v) is 6.79. The van der Waals surface area contributed by atoms with Crippen molar-refractivity contribution in [1.29, 1.82) is 0 Å². The molecule has 2 rings (SSSR count). The third-order valence-corrected chi connectivity index (χ3v) is 4.57. The largest absolute Gasteiger partial charge is 0.481 e. The van der Waals surface area contributed by atoms with Gasteiger partial charge < -0.3 is 10.2 Å². The summed E-state index contributed by atoms with van der Waals surface area (Å²) < 4.78 is 0. The summed E-state index contributed by atoms with van der Waals surface area (Å²) in [5.41, 5.74) is 0.381. The number of hydrogen-bond donors (Lipinski definition) is 2. The van der Waals surface area contributed by atoms with Crippen LogP contribution in [-0.2, 0) is 17.6 Å². The van der Waals surface area contributed by atoms with Crippen LogP contribution in [0.2, 0.25) is 0 Å². The predicted molar refractivity (Wildman–Crippen MR) is 74.0 cm³/mol. The van der Waals surface area contributed by atoms with Crippen LogP contribution in [0.25, 0.3) is 0 Å². The number of fused-ring (bicyclic) bond motifs is 1. The van der Waals surface area contributed by atoms with Crippen molar-refractivity contribution in [3.8, 4) is 0 Å². The van der Waals surface area contributed by atoms with Crippen LogP contribution in [-0.4, -0.2) is 21.8 Å². The second-order valence-electron chi connectivity index (χ2n) is 6.40. The molecule has 0 saturated heterocycles. The fourth-order valence-corrected chi connectivity index (χ4v) is 2.94. The van der Waals surface area contributed by atoms with Gasteiger partial charge in [-0.1, -0.05) is 38.1 Å². The maximum Gasteiger partial charge on any atom is 0.310 e. The number of benzene rings is 1. The standard InChI is InChI=1S/C16H22O3/c1-11(2)15(3,19)10-16(14(17)18)8-12-6-4-5-7-13(12)9-16/h4-7,11,19H,8-10H2,1-3H3,(H,17,18). The molecule has 0 aliphatic heterocycles. The Morgan fingerprint density at radius 2 is 1.79 bits per heavy atom. The molecule has 0 aromatic heterocycles. The molecule has 0 amide bonds. The van der Waals surface area contributed by atoms with Gasteiger partial charge in [0.1, 0.15) is 0 Å². The first kappa shape index (κ1) is 14.1. The predicted octanol–water partition coefficient (Wildman–Crippen LogP) is 2.65. The fourth-order valence-electron chi connectivity index (χ4n) is 2.94. The van der Waals surface area contributed by atoms with Crippen molar-refractivity contribution in [2.24, 2.45) is 11.3 Å². The normalized spacial score (nSPS) is 20.1. The smallest absolute Gasteiger partial charge is 0.310 e. The molecule has 1 aromatic rings. The number of rotatable bonds is 4. The van der Waals surface area contributed by atoms with Gasteiger partial charge in [0.15, 0.2) is 0 Å². The van der Waals surface area contributed by atoms with Crippen LogP contribution in [0.1, 0.15) is 38.3 Å². The third kappa shape index (κ3) is 2.52. The Morgan fingerprint density at radius 3 is 2.16 bits per heavy atom. The van der Waals surface area contributed by atoms with E-state index in [9.17, 15) is 15.0 Å². The molecule has 0 heterocycles. The zero-order valence-electron chi connectivity index (χ0n) is 11.8. The molecule has 0 bridgehead atoms. The van der Waals surface area contributed by atoms with Crippen LogP contribution < -0.4 is 0 Å². The highest BCUT2D eigenvalue weighted by Crippen LogP contribution is 2.44. The van der Waals surface area contributed by atoms with Crippen LogP contribution in [0.15, 0.2) is 24.3 Å². The molecule has 3 heteroatoms. The molecule has 19 heavy (non-hydrogen) atoms. The fraction of sp³-hybridized carbons (Fsp3) is 0.562. The van der Waals surface area contributed by atoms with Gasteiger partial charge >= 0.3 is 5.97 Å². The molecule has 1 atom stereocenters. The average molecular weight is 262 g/mol. The van der Waals surface area contributed by atoms with E-state index in [0.717, 1.165) is 11.1 Å². The van der Waals surface area contributed by atoms with E-state index in [0.29, 0.717) is 19.3 Å². The number of aliphatic carboxylic acids is 1. The summed E-state index contributed by atoms with van der Waals surface area (Å²) in [6.45, 7) is 5.60. The summed E-state index contributed by atoms with van der Waals surface area (Å²) in [6.07, 6.45) is 1.32. The number of carboxylic acid groups (broad SMARTS) is 1. The Labute approximate surface area is 114 Å². The molecule has 0 spiro atoms. The van der Waals surface area contributed by atoms with Crippen molar-refractivity contribution in [1.82, 2.24) is 0 Å². The Hall–Kier alpha value is -1.35. The molecular formula is C16H22O3. The van der Waals surface area contributed by atoms with Gasteiger partial charge in [0.25, 0.3) is 0 Å². The van der Waals surface area contributed by atoms with E-state index in [4.69, 9.17) is 0 Å². The average Bonchev–Trinajstić information content (AvgIpc) is 2.67. The lowest BCUT2D eigenvalue weighted by atomic mass is 9.72. The van der Waals surface area contributed by atoms with Gasteiger partial charge in [-0.05, 0) is 43.2 Å². The molecule has 0 saturated carbocycles. The molecule has 1 aliphatic carbocycles. The molecule has 1 unspecified atom stereocenters. The minimum absolute atomic E-state index is 0.0347. The van der Waals surface area contributed by atoms with Crippen molar-refractivity contribution >= 4 is 5.97 Å². The van der Waals surface area contributed by atoms with E-state index >= 15 is 0 Å². The molecule has 1 aromatic carbocycles. The zero-order valence-corrected chi connectivity index (χ0v) is 11.8. The summed E-state index contributed by atoms with van der Waals surface area (Å²) in [4.78, 5) is 11.8. The molecular weight excluding hydrogens is 240 g/mol. The van der Waals surface area contributed by atoms with Crippen molar-refractivity contribution in [3.63, 3.8) is 0 Å². The monoisotopic (exact) mass is 262 g/mol. The Bertz CT molecular complexity index is 464. The van der Waals surface area contributed by atoms with Crippen LogP contribution in [0, 0.1) is 11.3 Å². The molecule has 1 aliphatic rings.